The average molecular weight is 202 g/mol. The fourth-order valence-corrected chi connectivity index (χ4v) is 0.741. The van der Waals surface area contributed by atoms with Crippen molar-refractivity contribution in [1.82, 2.24) is 10.2 Å². The number of nitrogens with two attached hydrogens (primary N) is 1. The Morgan fingerprint density at radius 2 is 2.15 bits per heavy atom. The summed E-state index contributed by atoms with van der Waals surface area (Å²) in [5.41, 5.74) is 5.34. The molecule has 1 aromatic rings. The van der Waals surface area contributed by atoms with E-state index in [-0.39, 0.29) is 5.54 Å². The number of nitrogens with zero attached hydrogens (tertiary/aromatic N) is 2. The molecule has 0 aliphatic heterocycles. The van der Waals surface area contributed by atoms with Crippen molar-refractivity contribution in [3.63, 3.8) is 0 Å². The zero-order valence-corrected chi connectivity index (χ0v) is 8.38. The molecule has 0 spiro atoms. The third-order valence-electron chi connectivity index (χ3n) is 1.20. The normalized spacial score (nSPS) is 11.4. The second-order valence-corrected chi connectivity index (χ2v) is 3.86. The SMILES string of the molecule is CC(C)(N)COc1ccc(Cl)nn1. The molecule has 4 nitrogen and oxygen atoms in total. The van der Waals surface area contributed by atoms with E-state index in [1.54, 1.807) is 12.1 Å². The maximum atomic E-state index is 5.71. The van der Waals surface area contributed by atoms with Crippen LogP contribution in [0.4, 0.5) is 0 Å². The van der Waals surface area contributed by atoms with E-state index >= 15 is 0 Å². The largest absolute Gasteiger partial charge is 0.475 e. The van der Waals surface area contributed by atoms with Gasteiger partial charge in [0.15, 0.2) is 5.15 Å². The van der Waals surface area contributed by atoms with Crippen LogP contribution in [-0.4, -0.2) is 22.3 Å². The predicted molar refractivity (Wildman–Crippen MR) is 50.8 cm³/mol. The molecule has 72 valence electrons. The minimum atomic E-state index is -0.374. The lowest BCUT2D eigenvalue weighted by Gasteiger charge is -2.17. The third kappa shape index (κ3) is 4.05. The summed E-state index contributed by atoms with van der Waals surface area (Å²) in [5, 5.41) is 7.70. The summed E-state index contributed by atoms with van der Waals surface area (Å²) in [6.07, 6.45) is 0. The van der Waals surface area contributed by atoms with Crippen LogP contribution >= 0.6 is 11.6 Å². The van der Waals surface area contributed by atoms with E-state index < -0.39 is 0 Å². The van der Waals surface area contributed by atoms with Crippen LogP contribution in [-0.2, 0) is 0 Å². The van der Waals surface area contributed by atoms with Gasteiger partial charge in [-0.25, -0.2) is 0 Å². The van der Waals surface area contributed by atoms with Gasteiger partial charge in [-0.2, -0.15) is 0 Å². The monoisotopic (exact) mass is 201 g/mol. The van der Waals surface area contributed by atoms with Crippen molar-refractivity contribution in [1.29, 1.82) is 0 Å². The molecule has 5 heteroatoms. The molecule has 0 aliphatic rings. The minimum absolute atomic E-state index is 0.347. The van der Waals surface area contributed by atoms with Gasteiger partial charge in [0, 0.05) is 11.6 Å². The van der Waals surface area contributed by atoms with Crippen LogP contribution in [0.3, 0.4) is 0 Å². The van der Waals surface area contributed by atoms with E-state index in [9.17, 15) is 0 Å². The first-order valence-electron chi connectivity index (χ1n) is 3.88. The molecule has 0 atom stereocenters. The molecule has 1 aromatic heterocycles. The van der Waals surface area contributed by atoms with Crippen LogP contribution in [0.2, 0.25) is 5.15 Å². The highest BCUT2D eigenvalue weighted by atomic mass is 35.5. The smallest absolute Gasteiger partial charge is 0.233 e. The molecular weight excluding hydrogens is 190 g/mol. The Labute approximate surface area is 82.1 Å². The van der Waals surface area contributed by atoms with E-state index in [0.29, 0.717) is 17.6 Å². The number of ether oxygens (including phenoxy) is 1. The van der Waals surface area contributed by atoms with Gasteiger partial charge in [-0.15, -0.1) is 10.2 Å². The van der Waals surface area contributed by atoms with Gasteiger partial charge in [0.05, 0.1) is 0 Å². The second kappa shape index (κ2) is 3.89. The molecule has 1 rings (SSSR count). The first-order chi connectivity index (χ1) is 5.97. The van der Waals surface area contributed by atoms with Gasteiger partial charge in [0.1, 0.15) is 6.61 Å². The quantitative estimate of drug-likeness (QED) is 0.800. The standard InChI is InChI=1S/C8H12ClN3O/c1-8(2,10)5-13-7-4-3-6(9)11-12-7/h3-4H,5,10H2,1-2H3. The van der Waals surface area contributed by atoms with Crippen molar-refractivity contribution in [3.05, 3.63) is 17.3 Å². The Kier molecular flexibility index (Phi) is 3.06. The molecule has 0 aromatic carbocycles. The zero-order chi connectivity index (χ0) is 9.90. The molecule has 0 amide bonds. The highest BCUT2D eigenvalue weighted by Gasteiger charge is 2.11. The molecule has 0 radical (unpaired) electrons. The molecule has 0 unspecified atom stereocenters. The molecule has 0 aliphatic carbocycles. The van der Waals surface area contributed by atoms with Gasteiger partial charge < -0.3 is 10.5 Å². The van der Waals surface area contributed by atoms with Gasteiger partial charge in [0.2, 0.25) is 5.88 Å². The van der Waals surface area contributed by atoms with Gasteiger partial charge in [-0.1, -0.05) is 11.6 Å². The van der Waals surface area contributed by atoms with Crippen molar-refractivity contribution in [3.8, 4) is 5.88 Å². The number of hydrogen-bond donors (Lipinski definition) is 1. The van der Waals surface area contributed by atoms with E-state index in [1.807, 2.05) is 13.8 Å². The molecule has 1 heterocycles. The lowest BCUT2D eigenvalue weighted by Crippen LogP contribution is -2.38. The number of aromatic nitrogens is 2. The second-order valence-electron chi connectivity index (χ2n) is 3.47. The molecule has 0 saturated carbocycles. The first kappa shape index (κ1) is 10.2. The lowest BCUT2D eigenvalue weighted by molar-refractivity contribution is 0.233. The molecule has 13 heavy (non-hydrogen) atoms. The van der Waals surface area contributed by atoms with Crippen molar-refractivity contribution < 1.29 is 4.74 Å². The first-order valence-corrected chi connectivity index (χ1v) is 4.26. The zero-order valence-electron chi connectivity index (χ0n) is 7.62. The molecule has 2 N–H and O–H groups in total. The van der Waals surface area contributed by atoms with Gasteiger partial charge in [0.25, 0.3) is 0 Å². The van der Waals surface area contributed by atoms with Crippen molar-refractivity contribution in [2.45, 2.75) is 19.4 Å². The fourth-order valence-electron chi connectivity index (χ4n) is 0.641. The third-order valence-corrected chi connectivity index (χ3v) is 1.40. The van der Waals surface area contributed by atoms with E-state index in [4.69, 9.17) is 22.1 Å². The summed E-state index contributed by atoms with van der Waals surface area (Å²) in [6, 6.07) is 3.27. The average Bonchev–Trinajstić information content (AvgIpc) is 2.02. The van der Waals surface area contributed by atoms with Crippen LogP contribution in [0.25, 0.3) is 0 Å². The lowest BCUT2D eigenvalue weighted by atomic mass is 10.1. The van der Waals surface area contributed by atoms with Crippen molar-refractivity contribution >= 4 is 11.6 Å². The number of hydrogen-bond acceptors (Lipinski definition) is 4. The Bertz CT molecular complexity index is 268. The van der Waals surface area contributed by atoms with Crippen LogP contribution in [0, 0.1) is 0 Å². The topological polar surface area (TPSA) is 61.0 Å². The van der Waals surface area contributed by atoms with Crippen LogP contribution in [0.15, 0.2) is 12.1 Å². The molecule has 0 saturated heterocycles. The minimum Gasteiger partial charge on any atom is -0.475 e. The Morgan fingerprint density at radius 3 is 2.62 bits per heavy atom. The Morgan fingerprint density at radius 1 is 1.46 bits per heavy atom. The summed E-state index contributed by atoms with van der Waals surface area (Å²) < 4.78 is 5.27. The van der Waals surface area contributed by atoms with Crippen molar-refractivity contribution in [2.75, 3.05) is 6.61 Å². The summed E-state index contributed by atoms with van der Waals surface area (Å²) in [6.45, 7) is 4.13. The molecule has 0 bridgehead atoms. The highest BCUT2D eigenvalue weighted by molar-refractivity contribution is 6.29. The van der Waals surface area contributed by atoms with Crippen LogP contribution in [0.5, 0.6) is 5.88 Å². The van der Waals surface area contributed by atoms with Gasteiger partial charge in [-0.05, 0) is 19.9 Å². The molecular formula is C8H12ClN3O. The summed E-state index contributed by atoms with van der Waals surface area (Å²) in [4.78, 5) is 0. The van der Waals surface area contributed by atoms with E-state index in [1.165, 1.54) is 0 Å². The van der Waals surface area contributed by atoms with Gasteiger partial charge in [-0.3, -0.25) is 0 Å². The van der Waals surface area contributed by atoms with Crippen LogP contribution in [0.1, 0.15) is 13.8 Å². The highest BCUT2D eigenvalue weighted by Crippen LogP contribution is 2.09. The number of rotatable bonds is 3. The molecule has 0 fully saturated rings. The number of halogens is 1. The summed E-state index contributed by atoms with van der Waals surface area (Å²) in [7, 11) is 0. The Balaban J connectivity index is 2.51. The fraction of sp³-hybridized carbons (Fsp3) is 0.500. The summed E-state index contributed by atoms with van der Waals surface area (Å²) in [5.74, 6) is 0.433. The maximum absolute atomic E-state index is 5.71. The van der Waals surface area contributed by atoms with E-state index in [0.717, 1.165) is 0 Å². The van der Waals surface area contributed by atoms with Crippen LogP contribution < -0.4 is 10.5 Å². The van der Waals surface area contributed by atoms with Gasteiger partial charge >= 0.3 is 0 Å². The Hall–Kier alpha value is -0.870. The van der Waals surface area contributed by atoms with Crippen molar-refractivity contribution in [2.24, 2.45) is 5.73 Å². The maximum Gasteiger partial charge on any atom is 0.233 e. The summed E-state index contributed by atoms with van der Waals surface area (Å²) >= 11 is 5.55. The predicted octanol–water partition coefficient (Wildman–Crippen LogP) is 1.25. The van der Waals surface area contributed by atoms with E-state index in [2.05, 4.69) is 10.2 Å².